The van der Waals surface area contributed by atoms with Crippen molar-refractivity contribution in [3.8, 4) is 0 Å². The molecule has 2 fully saturated rings. The number of piperidine rings is 2. The fourth-order valence-electron chi connectivity index (χ4n) is 6.94. The molecule has 1 aliphatic carbocycles. The SMILES string of the molecule is CC1CC(C)CN(S(=O)(=O)Cc2ccc3c(c2)/C(=N\O)c2cc(S(=O)(=O)N4CC(C)CC(C)C4)ccc2/C3=N\OCOP(=O)(O)O)C1. The Morgan fingerprint density at radius 3 is 1.87 bits per heavy atom. The van der Waals surface area contributed by atoms with Gasteiger partial charge >= 0.3 is 7.82 Å². The standard InChI is InChI=1S/C30H41N4O10PS2/c1-19-9-20(2)14-33(13-19)46(39,40)17-23-5-7-25-27(11-23)29(31-35)28-12-24(47(41,42)34-15-21(3)10-22(4)16-34)6-8-26(28)30(25)32-43-18-44-45(36,37)38/h5-8,11-12,19-22,35H,9-10,13-18H2,1-4H3,(H2,36,37,38)/b31-29+,32-30-. The molecule has 2 saturated heterocycles. The highest BCUT2D eigenvalue weighted by Crippen LogP contribution is 2.36. The van der Waals surface area contributed by atoms with Crippen molar-refractivity contribution in [2.75, 3.05) is 33.0 Å². The van der Waals surface area contributed by atoms with E-state index in [1.54, 1.807) is 18.2 Å². The van der Waals surface area contributed by atoms with E-state index in [1.165, 1.54) is 26.8 Å². The lowest BCUT2D eigenvalue weighted by Gasteiger charge is -2.34. The van der Waals surface area contributed by atoms with E-state index < -0.39 is 34.7 Å². The van der Waals surface area contributed by atoms with Crippen molar-refractivity contribution in [2.45, 2.75) is 51.2 Å². The molecule has 5 rings (SSSR count). The Labute approximate surface area is 275 Å². The largest absolute Gasteiger partial charge is 0.472 e. The summed E-state index contributed by atoms with van der Waals surface area (Å²) in [6, 6.07) is 9.04. The molecule has 0 aromatic heterocycles. The molecule has 258 valence electrons. The van der Waals surface area contributed by atoms with E-state index in [1.807, 2.05) is 27.7 Å². The number of sulfonamides is 2. The Hall–Kier alpha value is -2.69. The fraction of sp³-hybridized carbons (Fsp3) is 0.533. The van der Waals surface area contributed by atoms with E-state index >= 15 is 0 Å². The van der Waals surface area contributed by atoms with E-state index in [4.69, 9.17) is 14.6 Å². The monoisotopic (exact) mass is 712 g/mol. The normalized spacial score (nSPS) is 26.3. The topological polar surface area (TPSA) is 196 Å². The number of rotatable bonds is 9. The van der Waals surface area contributed by atoms with Crippen LogP contribution in [0.1, 0.15) is 68.4 Å². The first-order chi connectivity index (χ1) is 22.0. The molecule has 14 nitrogen and oxygen atoms in total. The van der Waals surface area contributed by atoms with Gasteiger partial charge in [0.1, 0.15) is 11.4 Å². The second-order valence-corrected chi connectivity index (χ2v) is 18.3. The van der Waals surface area contributed by atoms with Gasteiger partial charge in [0.25, 0.3) is 0 Å². The summed E-state index contributed by atoms with van der Waals surface area (Å²) in [5.41, 5.74) is 1.67. The highest BCUT2D eigenvalue weighted by molar-refractivity contribution is 7.89. The maximum Gasteiger partial charge on any atom is 0.472 e. The van der Waals surface area contributed by atoms with Crippen LogP contribution in [0, 0.1) is 23.7 Å². The van der Waals surface area contributed by atoms with Crippen LogP contribution >= 0.6 is 7.82 Å². The molecular formula is C30H41N4O10PS2. The third kappa shape index (κ3) is 7.97. The molecule has 2 aromatic rings. The van der Waals surface area contributed by atoms with Gasteiger partial charge in [-0.2, -0.15) is 4.31 Å². The first-order valence-corrected chi connectivity index (χ1v) is 19.9. The second-order valence-electron chi connectivity index (χ2n) is 13.1. The van der Waals surface area contributed by atoms with Gasteiger partial charge in [-0.25, -0.2) is 30.2 Å². The zero-order chi connectivity index (χ0) is 34.3. The summed E-state index contributed by atoms with van der Waals surface area (Å²) >= 11 is 0. The Balaban J connectivity index is 1.56. The third-order valence-corrected chi connectivity index (χ3v) is 12.7. The van der Waals surface area contributed by atoms with Crippen LogP contribution in [-0.4, -0.2) is 84.8 Å². The molecule has 3 aliphatic rings. The zero-order valence-corrected chi connectivity index (χ0v) is 29.2. The molecule has 0 bridgehead atoms. The lowest BCUT2D eigenvalue weighted by atomic mass is 9.82. The summed E-state index contributed by atoms with van der Waals surface area (Å²) in [6.45, 7) is 8.72. The molecule has 0 saturated carbocycles. The molecule has 2 heterocycles. The van der Waals surface area contributed by atoms with Crippen LogP contribution in [0.4, 0.5) is 0 Å². The van der Waals surface area contributed by atoms with Crippen LogP contribution in [0.3, 0.4) is 0 Å². The third-order valence-electron chi connectivity index (χ3n) is 8.68. The van der Waals surface area contributed by atoms with Gasteiger partial charge in [0.15, 0.2) is 0 Å². The van der Waals surface area contributed by atoms with Gasteiger partial charge < -0.3 is 19.8 Å². The van der Waals surface area contributed by atoms with Crippen LogP contribution < -0.4 is 0 Å². The van der Waals surface area contributed by atoms with Crippen molar-refractivity contribution in [3.05, 3.63) is 64.2 Å². The molecule has 2 aliphatic heterocycles. The fourth-order valence-corrected chi connectivity index (χ4v) is 10.6. The average Bonchev–Trinajstić information content (AvgIpc) is 2.96. The number of benzene rings is 2. The average molecular weight is 713 g/mol. The van der Waals surface area contributed by atoms with Crippen molar-refractivity contribution in [2.24, 2.45) is 34.0 Å². The molecule has 4 unspecified atom stereocenters. The molecule has 4 atom stereocenters. The van der Waals surface area contributed by atoms with Crippen molar-refractivity contribution < 1.29 is 45.8 Å². The van der Waals surface area contributed by atoms with Crippen LogP contribution in [0.2, 0.25) is 0 Å². The maximum absolute atomic E-state index is 13.8. The van der Waals surface area contributed by atoms with Crippen LogP contribution in [-0.2, 0) is 39.7 Å². The molecule has 0 spiro atoms. The summed E-state index contributed by atoms with van der Waals surface area (Å²) in [4.78, 5) is 23.1. The van der Waals surface area contributed by atoms with E-state index in [9.17, 15) is 26.6 Å². The first-order valence-electron chi connectivity index (χ1n) is 15.4. The lowest BCUT2D eigenvalue weighted by Crippen LogP contribution is -2.43. The number of fused-ring (bicyclic) bond motifs is 2. The number of nitrogens with zero attached hydrogens (tertiary/aromatic N) is 4. The molecule has 47 heavy (non-hydrogen) atoms. The van der Waals surface area contributed by atoms with Crippen molar-refractivity contribution >= 4 is 39.3 Å². The maximum atomic E-state index is 13.8. The van der Waals surface area contributed by atoms with Gasteiger partial charge in [-0.3, -0.25) is 0 Å². The summed E-state index contributed by atoms with van der Waals surface area (Å²) in [7, 11) is -12.5. The van der Waals surface area contributed by atoms with Crippen molar-refractivity contribution in [1.29, 1.82) is 0 Å². The molecule has 17 heteroatoms. The number of hydrogen-bond acceptors (Lipinski definition) is 10. The first kappa shape index (κ1) is 35.6. The Morgan fingerprint density at radius 2 is 1.32 bits per heavy atom. The molecule has 2 aromatic carbocycles. The zero-order valence-electron chi connectivity index (χ0n) is 26.7. The second kappa shape index (κ2) is 13.7. The number of oxime groups is 2. The van der Waals surface area contributed by atoms with E-state index in [-0.39, 0.29) is 56.9 Å². The minimum Gasteiger partial charge on any atom is -0.410 e. The molecule has 0 radical (unpaired) electrons. The highest BCUT2D eigenvalue weighted by atomic mass is 32.2. The lowest BCUT2D eigenvalue weighted by molar-refractivity contribution is 0.00129. The van der Waals surface area contributed by atoms with Crippen molar-refractivity contribution in [3.63, 3.8) is 0 Å². The van der Waals surface area contributed by atoms with Crippen LogP contribution in [0.15, 0.2) is 51.6 Å². The van der Waals surface area contributed by atoms with E-state index in [0.717, 1.165) is 12.8 Å². The van der Waals surface area contributed by atoms with Crippen LogP contribution in [0.5, 0.6) is 0 Å². The summed E-state index contributed by atoms with van der Waals surface area (Å²) in [5.74, 6) is 0.466. The Kier molecular flexibility index (Phi) is 10.4. The Morgan fingerprint density at radius 1 is 0.787 bits per heavy atom. The van der Waals surface area contributed by atoms with E-state index in [0.29, 0.717) is 42.9 Å². The summed E-state index contributed by atoms with van der Waals surface area (Å²) in [6.07, 6.45) is 1.85. The summed E-state index contributed by atoms with van der Waals surface area (Å²) in [5, 5.41) is 17.9. The molecular weight excluding hydrogens is 671 g/mol. The number of hydrogen-bond donors (Lipinski definition) is 3. The van der Waals surface area contributed by atoms with Crippen LogP contribution in [0.25, 0.3) is 0 Å². The van der Waals surface area contributed by atoms with Gasteiger partial charge in [-0.15, -0.1) is 0 Å². The van der Waals surface area contributed by atoms with E-state index in [2.05, 4.69) is 14.8 Å². The van der Waals surface area contributed by atoms with Crippen molar-refractivity contribution in [1.82, 2.24) is 8.61 Å². The van der Waals surface area contributed by atoms with Gasteiger partial charge in [0.2, 0.25) is 26.8 Å². The molecule has 0 amide bonds. The highest BCUT2D eigenvalue weighted by Gasteiger charge is 2.36. The smallest absolute Gasteiger partial charge is 0.410 e. The Bertz CT molecular complexity index is 1820. The predicted molar refractivity (Wildman–Crippen MR) is 174 cm³/mol. The number of phosphoric ester groups is 1. The van der Waals surface area contributed by atoms with Gasteiger partial charge in [0.05, 0.1) is 10.6 Å². The number of phosphoric acid groups is 1. The quantitative estimate of drug-likeness (QED) is 0.0971. The minimum atomic E-state index is -4.86. The molecule has 3 N–H and O–H groups in total. The predicted octanol–water partition coefficient (Wildman–Crippen LogP) is 3.54. The summed E-state index contributed by atoms with van der Waals surface area (Å²) < 4.78 is 73.0. The van der Waals surface area contributed by atoms with Gasteiger partial charge in [-0.1, -0.05) is 56.2 Å². The minimum absolute atomic E-state index is 0.00249. The van der Waals surface area contributed by atoms with Gasteiger partial charge in [-0.05, 0) is 60.3 Å². The van der Waals surface area contributed by atoms with Gasteiger partial charge in [0, 0.05) is 48.4 Å².